The Morgan fingerprint density at radius 1 is 1.00 bits per heavy atom. The third-order valence-corrected chi connectivity index (χ3v) is 3.71. The molecular weight excluding hydrogens is 244 g/mol. The molecule has 0 saturated heterocycles. The maximum atomic E-state index is 4.90. The monoisotopic (exact) mass is 264 g/mol. The molecule has 1 N–H and O–H groups in total. The standard InChI is InChI=1S/C18H20N2/c1-3-11-19-18-13(4-2)12-15-10-9-14-7-5-6-8-16(14)17(15)20-18/h5-10,12H,3-4,11H2,1-2H3,(H,19,20). The van der Waals surface area contributed by atoms with Gasteiger partial charge in [-0.15, -0.1) is 0 Å². The molecule has 2 aromatic carbocycles. The highest BCUT2D eigenvalue weighted by molar-refractivity contribution is 6.05. The first-order valence-electron chi connectivity index (χ1n) is 7.38. The highest BCUT2D eigenvalue weighted by Gasteiger charge is 2.07. The summed E-state index contributed by atoms with van der Waals surface area (Å²) in [6.07, 6.45) is 2.11. The number of nitrogens with one attached hydrogen (secondary N) is 1. The number of anilines is 1. The maximum Gasteiger partial charge on any atom is 0.129 e. The van der Waals surface area contributed by atoms with Crippen LogP contribution < -0.4 is 5.32 Å². The molecule has 0 atom stereocenters. The molecule has 1 aromatic heterocycles. The first-order valence-corrected chi connectivity index (χ1v) is 7.38. The molecule has 0 fully saturated rings. The molecule has 0 aliphatic carbocycles. The van der Waals surface area contributed by atoms with Gasteiger partial charge in [-0.25, -0.2) is 4.98 Å². The van der Waals surface area contributed by atoms with Gasteiger partial charge >= 0.3 is 0 Å². The van der Waals surface area contributed by atoms with Crippen molar-refractivity contribution < 1.29 is 0 Å². The summed E-state index contributed by atoms with van der Waals surface area (Å²) in [5.41, 5.74) is 2.39. The lowest BCUT2D eigenvalue weighted by Gasteiger charge is -2.12. The van der Waals surface area contributed by atoms with Crippen molar-refractivity contribution in [1.29, 1.82) is 0 Å². The number of pyridine rings is 1. The van der Waals surface area contributed by atoms with Gasteiger partial charge in [0, 0.05) is 17.3 Å². The summed E-state index contributed by atoms with van der Waals surface area (Å²) in [7, 11) is 0. The van der Waals surface area contributed by atoms with Gasteiger partial charge in [-0.1, -0.05) is 50.2 Å². The molecule has 2 heteroatoms. The molecule has 0 amide bonds. The Morgan fingerprint density at radius 3 is 2.60 bits per heavy atom. The van der Waals surface area contributed by atoms with Gasteiger partial charge in [0.1, 0.15) is 5.82 Å². The highest BCUT2D eigenvalue weighted by Crippen LogP contribution is 2.27. The molecule has 0 unspecified atom stereocenters. The number of benzene rings is 2. The molecule has 2 nitrogen and oxygen atoms in total. The summed E-state index contributed by atoms with van der Waals surface area (Å²) in [6.45, 7) is 5.33. The Labute approximate surface area is 119 Å². The summed E-state index contributed by atoms with van der Waals surface area (Å²) in [5, 5.41) is 7.16. The van der Waals surface area contributed by atoms with E-state index in [-0.39, 0.29) is 0 Å². The van der Waals surface area contributed by atoms with Crippen molar-refractivity contribution in [2.75, 3.05) is 11.9 Å². The van der Waals surface area contributed by atoms with Crippen molar-refractivity contribution >= 4 is 27.5 Å². The molecule has 0 spiro atoms. The van der Waals surface area contributed by atoms with E-state index >= 15 is 0 Å². The van der Waals surface area contributed by atoms with Gasteiger partial charge in [0.2, 0.25) is 0 Å². The molecule has 0 aliphatic heterocycles. The van der Waals surface area contributed by atoms with Crippen LogP contribution in [0.5, 0.6) is 0 Å². The molecule has 3 rings (SSSR count). The van der Waals surface area contributed by atoms with E-state index in [1.54, 1.807) is 0 Å². The van der Waals surface area contributed by atoms with E-state index in [0.717, 1.165) is 30.7 Å². The minimum absolute atomic E-state index is 0.969. The Balaban J connectivity index is 2.25. The zero-order chi connectivity index (χ0) is 13.9. The maximum absolute atomic E-state index is 4.90. The molecule has 20 heavy (non-hydrogen) atoms. The fourth-order valence-electron chi connectivity index (χ4n) is 2.62. The third kappa shape index (κ3) is 2.22. The van der Waals surface area contributed by atoms with Crippen molar-refractivity contribution in [3.8, 4) is 0 Å². The van der Waals surface area contributed by atoms with Crippen LogP contribution in [-0.4, -0.2) is 11.5 Å². The quantitative estimate of drug-likeness (QED) is 0.686. The largest absolute Gasteiger partial charge is 0.370 e. The zero-order valence-corrected chi connectivity index (χ0v) is 12.1. The van der Waals surface area contributed by atoms with Gasteiger partial charge in [0.15, 0.2) is 0 Å². The minimum Gasteiger partial charge on any atom is -0.370 e. The van der Waals surface area contributed by atoms with Crippen LogP contribution in [0.3, 0.4) is 0 Å². The Hall–Kier alpha value is -2.09. The molecule has 0 radical (unpaired) electrons. The van der Waals surface area contributed by atoms with Gasteiger partial charge in [-0.3, -0.25) is 0 Å². The Kier molecular flexibility index (Phi) is 3.55. The van der Waals surface area contributed by atoms with Gasteiger partial charge in [-0.2, -0.15) is 0 Å². The van der Waals surface area contributed by atoms with E-state index in [9.17, 15) is 0 Å². The lowest BCUT2D eigenvalue weighted by molar-refractivity contribution is 0.962. The summed E-state index contributed by atoms with van der Waals surface area (Å²) >= 11 is 0. The van der Waals surface area contributed by atoms with Gasteiger partial charge in [0.05, 0.1) is 5.52 Å². The Morgan fingerprint density at radius 2 is 1.80 bits per heavy atom. The normalized spacial score (nSPS) is 11.1. The van der Waals surface area contributed by atoms with Crippen molar-refractivity contribution in [1.82, 2.24) is 4.98 Å². The van der Waals surface area contributed by atoms with E-state index in [2.05, 4.69) is 61.6 Å². The Bertz CT molecular complexity index is 747. The topological polar surface area (TPSA) is 24.9 Å². The summed E-state index contributed by atoms with van der Waals surface area (Å²) in [6, 6.07) is 15.1. The van der Waals surface area contributed by atoms with Crippen molar-refractivity contribution in [2.24, 2.45) is 0 Å². The number of hydrogen-bond donors (Lipinski definition) is 1. The fourth-order valence-corrected chi connectivity index (χ4v) is 2.62. The predicted octanol–water partition coefficient (Wildman–Crippen LogP) is 4.77. The van der Waals surface area contributed by atoms with Crippen molar-refractivity contribution in [3.63, 3.8) is 0 Å². The number of rotatable bonds is 4. The van der Waals surface area contributed by atoms with Crippen LogP contribution in [0.4, 0.5) is 5.82 Å². The van der Waals surface area contributed by atoms with Gasteiger partial charge in [0.25, 0.3) is 0 Å². The van der Waals surface area contributed by atoms with Crippen LogP contribution >= 0.6 is 0 Å². The third-order valence-electron chi connectivity index (χ3n) is 3.71. The van der Waals surface area contributed by atoms with Gasteiger partial charge < -0.3 is 5.32 Å². The molecule has 1 heterocycles. The van der Waals surface area contributed by atoms with Gasteiger partial charge in [-0.05, 0) is 29.9 Å². The van der Waals surface area contributed by atoms with E-state index in [4.69, 9.17) is 4.98 Å². The molecule has 3 aromatic rings. The first-order chi connectivity index (χ1) is 9.83. The van der Waals surface area contributed by atoms with Crippen LogP contribution in [0.25, 0.3) is 21.7 Å². The first kappa shape index (κ1) is 12.9. The lowest BCUT2D eigenvalue weighted by Crippen LogP contribution is -2.05. The summed E-state index contributed by atoms with van der Waals surface area (Å²) < 4.78 is 0. The van der Waals surface area contributed by atoms with Crippen LogP contribution in [0.15, 0.2) is 42.5 Å². The second-order valence-corrected chi connectivity index (χ2v) is 5.13. The lowest BCUT2D eigenvalue weighted by atomic mass is 10.0. The highest BCUT2D eigenvalue weighted by atomic mass is 15.0. The van der Waals surface area contributed by atoms with Crippen LogP contribution in [0.2, 0.25) is 0 Å². The van der Waals surface area contributed by atoms with E-state index in [1.165, 1.54) is 21.7 Å². The smallest absolute Gasteiger partial charge is 0.129 e. The van der Waals surface area contributed by atoms with E-state index in [1.807, 2.05) is 0 Å². The van der Waals surface area contributed by atoms with Crippen LogP contribution in [0.1, 0.15) is 25.8 Å². The molecule has 0 saturated carbocycles. The van der Waals surface area contributed by atoms with Crippen molar-refractivity contribution in [2.45, 2.75) is 26.7 Å². The molecule has 102 valence electrons. The molecular formula is C18H20N2. The van der Waals surface area contributed by atoms with Crippen LogP contribution in [-0.2, 0) is 6.42 Å². The number of nitrogens with zero attached hydrogens (tertiary/aromatic N) is 1. The predicted molar refractivity (Wildman–Crippen MR) is 87.4 cm³/mol. The number of aromatic nitrogens is 1. The van der Waals surface area contributed by atoms with Crippen LogP contribution in [0, 0.1) is 0 Å². The fraction of sp³-hybridized carbons (Fsp3) is 0.278. The number of aryl methyl sites for hydroxylation is 1. The second kappa shape index (κ2) is 5.49. The number of hydrogen-bond acceptors (Lipinski definition) is 2. The zero-order valence-electron chi connectivity index (χ0n) is 12.1. The average molecular weight is 264 g/mol. The second-order valence-electron chi connectivity index (χ2n) is 5.13. The average Bonchev–Trinajstić information content (AvgIpc) is 2.51. The molecule has 0 bridgehead atoms. The SMILES string of the molecule is CCCNc1nc2c(ccc3ccccc32)cc1CC. The van der Waals surface area contributed by atoms with E-state index in [0.29, 0.717) is 0 Å². The summed E-state index contributed by atoms with van der Waals surface area (Å²) in [4.78, 5) is 4.90. The van der Waals surface area contributed by atoms with E-state index < -0.39 is 0 Å². The number of fused-ring (bicyclic) bond motifs is 3. The van der Waals surface area contributed by atoms with Crippen molar-refractivity contribution in [3.05, 3.63) is 48.0 Å². The summed E-state index contributed by atoms with van der Waals surface area (Å²) in [5.74, 6) is 1.04. The minimum atomic E-state index is 0.969. The molecule has 0 aliphatic rings.